The first kappa shape index (κ1) is 22.9. The molecular formula is C21H24BiO3. The molecule has 0 saturated heterocycles. The van der Waals surface area contributed by atoms with Gasteiger partial charge in [-0.15, -0.1) is 0 Å². The monoisotopic (exact) mass is 533 g/mol. The summed E-state index contributed by atoms with van der Waals surface area (Å²) in [6.45, 7) is 0. The predicted octanol–water partition coefficient (Wildman–Crippen LogP) is 4.70. The van der Waals surface area contributed by atoms with Crippen LogP contribution in [0.5, 0.6) is 17.2 Å². The standard InChI is InChI=1S/3C7H8O.Bi/c3*1-8-7-5-3-2-4-6-7;/h3*2-6H,1H3;. The molecule has 25 heavy (non-hydrogen) atoms. The second kappa shape index (κ2) is 15.5. The Labute approximate surface area is 169 Å². The van der Waals surface area contributed by atoms with Crippen LogP contribution in [0.3, 0.4) is 0 Å². The van der Waals surface area contributed by atoms with Gasteiger partial charge in [-0.2, -0.15) is 0 Å². The summed E-state index contributed by atoms with van der Waals surface area (Å²) in [6.07, 6.45) is 0. The van der Waals surface area contributed by atoms with E-state index in [4.69, 9.17) is 14.2 Å². The van der Waals surface area contributed by atoms with Crippen LogP contribution in [-0.4, -0.2) is 47.5 Å². The van der Waals surface area contributed by atoms with Crippen LogP contribution in [0.1, 0.15) is 0 Å². The molecule has 4 heteroatoms. The third-order valence-corrected chi connectivity index (χ3v) is 2.94. The van der Waals surface area contributed by atoms with Crippen molar-refractivity contribution in [3.8, 4) is 17.2 Å². The van der Waals surface area contributed by atoms with Gasteiger partial charge in [0.1, 0.15) is 17.2 Å². The molecule has 0 fully saturated rings. The van der Waals surface area contributed by atoms with Crippen molar-refractivity contribution in [2.75, 3.05) is 21.3 Å². The average molecular weight is 533 g/mol. The maximum absolute atomic E-state index is 4.91. The normalized spacial score (nSPS) is 8.28. The molecule has 3 aromatic rings. The van der Waals surface area contributed by atoms with Crippen molar-refractivity contribution < 1.29 is 14.2 Å². The Bertz CT molecular complexity index is 537. The molecule has 0 aromatic heterocycles. The maximum atomic E-state index is 4.91. The molecule has 0 amide bonds. The summed E-state index contributed by atoms with van der Waals surface area (Å²) >= 11 is 0. The van der Waals surface area contributed by atoms with Crippen LogP contribution in [0.2, 0.25) is 0 Å². The minimum Gasteiger partial charge on any atom is -0.497 e. The van der Waals surface area contributed by atoms with Crippen molar-refractivity contribution in [1.82, 2.24) is 0 Å². The van der Waals surface area contributed by atoms with Crippen LogP contribution in [0.15, 0.2) is 91.0 Å². The quantitative estimate of drug-likeness (QED) is 0.457. The van der Waals surface area contributed by atoms with Crippen molar-refractivity contribution >= 4 is 26.2 Å². The van der Waals surface area contributed by atoms with Crippen LogP contribution in [0, 0.1) is 0 Å². The number of rotatable bonds is 3. The third kappa shape index (κ3) is 11.2. The minimum atomic E-state index is 0. The van der Waals surface area contributed by atoms with Gasteiger partial charge in [-0.05, 0) is 36.4 Å². The smallest absolute Gasteiger partial charge is 0.118 e. The van der Waals surface area contributed by atoms with Crippen molar-refractivity contribution in [3.05, 3.63) is 91.0 Å². The summed E-state index contributed by atoms with van der Waals surface area (Å²) in [5.41, 5.74) is 0. The van der Waals surface area contributed by atoms with Crippen molar-refractivity contribution in [2.45, 2.75) is 0 Å². The predicted molar refractivity (Wildman–Crippen MR) is 105 cm³/mol. The van der Waals surface area contributed by atoms with Gasteiger partial charge in [0.25, 0.3) is 0 Å². The Balaban J connectivity index is 0.000000339. The van der Waals surface area contributed by atoms with E-state index in [1.54, 1.807) is 21.3 Å². The molecule has 0 aliphatic carbocycles. The van der Waals surface area contributed by atoms with Gasteiger partial charge in [0, 0.05) is 26.2 Å². The first-order valence-electron chi connectivity index (χ1n) is 7.57. The molecule has 0 atom stereocenters. The molecule has 3 radical (unpaired) electrons. The molecule has 0 unspecified atom stereocenters. The summed E-state index contributed by atoms with van der Waals surface area (Å²) in [5, 5.41) is 0. The zero-order chi connectivity index (χ0) is 17.5. The van der Waals surface area contributed by atoms with E-state index in [-0.39, 0.29) is 26.2 Å². The van der Waals surface area contributed by atoms with Crippen LogP contribution in [0.4, 0.5) is 0 Å². The molecule has 0 aliphatic rings. The van der Waals surface area contributed by atoms with Gasteiger partial charge in [-0.3, -0.25) is 0 Å². The summed E-state index contributed by atoms with van der Waals surface area (Å²) in [7, 11) is 4.99. The van der Waals surface area contributed by atoms with Gasteiger partial charge in [0.05, 0.1) is 21.3 Å². The average Bonchev–Trinajstić information content (AvgIpc) is 2.71. The van der Waals surface area contributed by atoms with Crippen LogP contribution in [-0.2, 0) is 0 Å². The molecule has 0 spiro atoms. The van der Waals surface area contributed by atoms with E-state index in [1.165, 1.54) is 0 Å². The second-order valence-corrected chi connectivity index (χ2v) is 4.55. The first-order valence-corrected chi connectivity index (χ1v) is 7.57. The van der Waals surface area contributed by atoms with Crippen LogP contribution >= 0.6 is 0 Å². The first-order chi connectivity index (χ1) is 11.8. The topological polar surface area (TPSA) is 27.7 Å². The van der Waals surface area contributed by atoms with Gasteiger partial charge in [0.2, 0.25) is 0 Å². The molecule has 0 aliphatic heterocycles. The second-order valence-electron chi connectivity index (χ2n) is 4.55. The Morgan fingerprint density at radius 1 is 0.400 bits per heavy atom. The molecular weight excluding hydrogens is 509 g/mol. The van der Waals surface area contributed by atoms with E-state index >= 15 is 0 Å². The van der Waals surface area contributed by atoms with E-state index in [9.17, 15) is 0 Å². The van der Waals surface area contributed by atoms with Gasteiger partial charge >= 0.3 is 0 Å². The summed E-state index contributed by atoms with van der Waals surface area (Å²) in [5.74, 6) is 2.73. The summed E-state index contributed by atoms with van der Waals surface area (Å²) in [4.78, 5) is 0. The van der Waals surface area contributed by atoms with Gasteiger partial charge < -0.3 is 14.2 Å². The largest absolute Gasteiger partial charge is 0.497 e. The van der Waals surface area contributed by atoms with Gasteiger partial charge in [0.15, 0.2) is 0 Å². The SMILES string of the molecule is COc1ccccc1.COc1ccccc1.COc1ccccc1.[Bi]. The van der Waals surface area contributed by atoms with E-state index in [0.29, 0.717) is 0 Å². The Hall–Kier alpha value is -2.06. The van der Waals surface area contributed by atoms with E-state index in [0.717, 1.165) is 17.2 Å². The van der Waals surface area contributed by atoms with Crippen LogP contribution in [0.25, 0.3) is 0 Å². The molecule has 3 rings (SSSR count). The summed E-state index contributed by atoms with van der Waals surface area (Å²) < 4.78 is 14.7. The molecule has 0 bridgehead atoms. The fourth-order valence-corrected chi connectivity index (χ4v) is 1.67. The Morgan fingerprint density at radius 2 is 0.600 bits per heavy atom. The summed E-state index contributed by atoms with van der Waals surface area (Å²) in [6, 6.07) is 29.0. The number of para-hydroxylation sites is 3. The maximum Gasteiger partial charge on any atom is 0.118 e. The molecule has 3 aromatic carbocycles. The molecule has 0 heterocycles. The fourth-order valence-electron chi connectivity index (χ4n) is 1.67. The number of benzene rings is 3. The van der Waals surface area contributed by atoms with Gasteiger partial charge in [-0.25, -0.2) is 0 Å². The Morgan fingerprint density at radius 3 is 0.720 bits per heavy atom. The van der Waals surface area contributed by atoms with Crippen LogP contribution < -0.4 is 14.2 Å². The minimum absolute atomic E-state index is 0. The number of methoxy groups -OCH3 is 3. The molecule has 131 valence electrons. The van der Waals surface area contributed by atoms with Gasteiger partial charge in [-0.1, -0.05) is 54.6 Å². The Kier molecular flexibility index (Phi) is 14.2. The fraction of sp³-hybridized carbons (Fsp3) is 0.143. The van der Waals surface area contributed by atoms with Crippen molar-refractivity contribution in [3.63, 3.8) is 0 Å². The zero-order valence-corrected chi connectivity index (χ0v) is 18.3. The van der Waals surface area contributed by atoms with E-state index in [2.05, 4.69) is 0 Å². The number of hydrogen-bond donors (Lipinski definition) is 0. The number of hydrogen-bond acceptors (Lipinski definition) is 3. The number of ether oxygens (including phenoxy) is 3. The third-order valence-electron chi connectivity index (χ3n) is 2.94. The van der Waals surface area contributed by atoms with E-state index < -0.39 is 0 Å². The van der Waals surface area contributed by atoms with Crippen molar-refractivity contribution in [1.29, 1.82) is 0 Å². The molecule has 0 N–H and O–H groups in total. The molecule has 0 saturated carbocycles. The van der Waals surface area contributed by atoms with E-state index in [1.807, 2.05) is 91.0 Å². The zero-order valence-electron chi connectivity index (χ0n) is 14.8. The van der Waals surface area contributed by atoms with Crippen molar-refractivity contribution in [2.24, 2.45) is 0 Å². The molecule has 3 nitrogen and oxygen atoms in total.